The maximum Gasteiger partial charge on any atom is 0.277 e. The molecule has 1 aliphatic heterocycles. The van der Waals surface area contributed by atoms with E-state index >= 15 is 0 Å². The summed E-state index contributed by atoms with van der Waals surface area (Å²) >= 11 is 4.87. The first-order chi connectivity index (χ1) is 10.0. The normalized spacial score (nSPS) is 17.2. The van der Waals surface area contributed by atoms with Crippen LogP contribution in [0.15, 0.2) is 22.7 Å². The maximum absolute atomic E-state index is 12.4. The molecule has 5 nitrogen and oxygen atoms in total. The van der Waals surface area contributed by atoms with E-state index < -0.39 is 0 Å². The van der Waals surface area contributed by atoms with E-state index in [1.807, 2.05) is 23.2 Å². The second kappa shape index (κ2) is 5.92. The van der Waals surface area contributed by atoms with Crippen molar-refractivity contribution in [2.45, 2.75) is 0 Å². The van der Waals surface area contributed by atoms with Gasteiger partial charge in [0.05, 0.1) is 5.69 Å². The Bertz CT molecular complexity index is 679. The highest BCUT2D eigenvalue weighted by Crippen LogP contribution is 2.35. The lowest BCUT2D eigenvalue weighted by molar-refractivity contribution is 0.0667. The first-order valence-corrected chi connectivity index (χ1v) is 8.37. The van der Waals surface area contributed by atoms with Crippen molar-refractivity contribution in [3.63, 3.8) is 0 Å². The number of hydrogen-bond acceptors (Lipinski definition) is 5. The quantitative estimate of drug-likeness (QED) is 0.852. The number of halogens is 1. The maximum atomic E-state index is 12.4. The number of nitrogens with zero attached hydrogens (tertiary/aromatic N) is 2. The van der Waals surface area contributed by atoms with Crippen LogP contribution in [0.5, 0.6) is 0 Å². The molecule has 0 bridgehead atoms. The predicted molar refractivity (Wildman–Crippen MR) is 90.5 cm³/mol. The summed E-state index contributed by atoms with van der Waals surface area (Å²) in [6, 6.07) is 5.87. The predicted octanol–water partition coefficient (Wildman–Crippen LogP) is 2.14. The highest BCUT2D eigenvalue weighted by molar-refractivity contribution is 9.10. The van der Waals surface area contributed by atoms with Crippen molar-refractivity contribution in [2.24, 2.45) is 0 Å². The molecular formula is C14H17BrN4OS. The molecule has 3 N–H and O–H groups in total. The third-order valence-corrected chi connectivity index (χ3v) is 5.32. The monoisotopic (exact) mass is 368 g/mol. The topological polar surface area (TPSA) is 61.6 Å². The van der Waals surface area contributed by atoms with Gasteiger partial charge in [0.25, 0.3) is 5.91 Å². The fraction of sp³-hybridized carbons (Fsp3) is 0.357. The summed E-state index contributed by atoms with van der Waals surface area (Å²) in [7, 11) is 2.08. The molecule has 0 radical (unpaired) electrons. The number of rotatable bonds is 2. The zero-order chi connectivity index (χ0) is 15.0. The average molecular weight is 369 g/mol. The van der Waals surface area contributed by atoms with E-state index in [2.05, 4.69) is 33.3 Å². The number of carbonyl (C=O) groups is 1. The van der Waals surface area contributed by atoms with Gasteiger partial charge in [0.2, 0.25) is 0 Å². The summed E-state index contributed by atoms with van der Waals surface area (Å²) in [4.78, 5) is 15.3. The number of hydrazine groups is 1. The number of carbonyl (C=O) groups excluding carboxylic acids is 1. The molecule has 21 heavy (non-hydrogen) atoms. The number of nitrogens with one attached hydrogen (secondary N) is 1. The van der Waals surface area contributed by atoms with Crippen LogP contribution in [0.4, 0.5) is 5.69 Å². The Morgan fingerprint density at radius 2 is 2.05 bits per heavy atom. The minimum Gasteiger partial charge on any atom is -0.397 e. The molecule has 0 atom stereocenters. The van der Waals surface area contributed by atoms with E-state index in [4.69, 9.17) is 5.73 Å². The van der Waals surface area contributed by atoms with E-state index in [0.717, 1.165) is 40.7 Å². The molecule has 1 amide bonds. The van der Waals surface area contributed by atoms with E-state index in [1.54, 1.807) is 0 Å². The number of nitrogen functional groups attached to an aromatic ring is 1. The summed E-state index contributed by atoms with van der Waals surface area (Å²) in [5, 5.41) is 2.90. The minimum absolute atomic E-state index is 0.116. The lowest BCUT2D eigenvalue weighted by Gasteiger charge is -2.32. The van der Waals surface area contributed by atoms with Gasteiger partial charge in [-0.2, -0.15) is 0 Å². The molecule has 0 aliphatic carbocycles. The van der Waals surface area contributed by atoms with Crippen molar-refractivity contribution < 1.29 is 4.79 Å². The summed E-state index contributed by atoms with van der Waals surface area (Å²) in [5.74, 6) is -0.116. The van der Waals surface area contributed by atoms with Crippen LogP contribution in [0, 0.1) is 0 Å². The Hall–Kier alpha value is -1.15. The summed E-state index contributed by atoms with van der Waals surface area (Å²) in [5.41, 5.74) is 9.65. The molecule has 1 aromatic heterocycles. The standard InChI is InChI=1S/C14H17BrN4OS/c1-18-4-6-19(7-5-18)17-14(20)13-12(16)10-3-2-9(15)8-11(10)21-13/h2-3,8H,4-7,16H2,1H3,(H,17,20). The molecule has 7 heteroatoms. The molecule has 0 saturated carbocycles. The fourth-order valence-corrected chi connectivity index (χ4v) is 3.94. The van der Waals surface area contributed by atoms with Crippen molar-refractivity contribution >= 4 is 48.9 Å². The first kappa shape index (κ1) is 14.8. The number of amides is 1. The zero-order valence-electron chi connectivity index (χ0n) is 11.7. The third kappa shape index (κ3) is 3.06. The lowest BCUT2D eigenvalue weighted by Crippen LogP contribution is -2.52. The van der Waals surface area contributed by atoms with Gasteiger partial charge < -0.3 is 10.6 Å². The van der Waals surface area contributed by atoms with E-state index in [-0.39, 0.29) is 5.91 Å². The van der Waals surface area contributed by atoms with Gasteiger partial charge in [0.1, 0.15) is 4.88 Å². The van der Waals surface area contributed by atoms with Crippen LogP contribution >= 0.6 is 27.3 Å². The van der Waals surface area contributed by atoms with Gasteiger partial charge in [0.15, 0.2) is 0 Å². The van der Waals surface area contributed by atoms with Gasteiger partial charge in [-0.25, -0.2) is 5.01 Å². The van der Waals surface area contributed by atoms with Gasteiger partial charge >= 0.3 is 0 Å². The highest BCUT2D eigenvalue weighted by Gasteiger charge is 2.20. The first-order valence-electron chi connectivity index (χ1n) is 6.76. The van der Waals surface area contributed by atoms with Crippen LogP contribution in [-0.4, -0.2) is 49.0 Å². The average Bonchev–Trinajstić information content (AvgIpc) is 2.78. The number of likely N-dealkylation sites (N-methyl/N-ethyl adjacent to an activating group) is 1. The van der Waals surface area contributed by atoms with E-state index in [1.165, 1.54) is 11.3 Å². The molecule has 0 spiro atoms. The highest BCUT2D eigenvalue weighted by atomic mass is 79.9. The number of anilines is 1. The van der Waals surface area contributed by atoms with Crippen molar-refractivity contribution in [1.82, 2.24) is 15.3 Å². The largest absolute Gasteiger partial charge is 0.397 e. The summed E-state index contributed by atoms with van der Waals surface area (Å²) in [6.45, 7) is 3.57. The van der Waals surface area contributed by atoms with Crippen LogP contribution in [-0.2, 0) is 0 Å². The molecule has 1 aliphatic rings. The van der Waals surface area contributed by atoms with Crippen LogP contribution in [0.25, 0.3) is 10.1 Å². The molecule has 3 rings (SSSR count). The SMILES string of the molecule is CN1CCN(NC(=O)c2sc3cc(Br)ccc3c2N)CC1. The van der Waals surface area contributed by atoms with Gasteiger partial charge in [-0.05, 0) is 19.2 Å². The minimum atomic E-state index is -0.116. The van der Waals surface area contributed by atoms with Gasteiger partial charge in [-0.1, -0.05) is 22.0 Å². The molecule has 1 saturated heterocycles. The third-order valence-electron chi connectivity index (χ3n) is 3.66. The lowest BCUT2D eigenvalue weighted by atomic mass is 10.2. The Balaban J connectivity index is 1.80. The second-order valence-corrected chi connectivity index (χ2v) is 7.18. The Morgan fingerprint density at radius 1 is 1.33 bits per heavy atom. The van der Waals surface area contributed by atoms with E-state index in [9.17, 15) is 4.79 Å². The molecule has 2 aromatic rings. The van der Waals surface area contributed by atoms with E-state index in [0.29, 0.717) is 10.6 Å². The van der Waals surface area contributed by atoms with Crippen molar-refractivity contribution in [2.75, 3.05) is 39.0 Å². The zero-order valence-corrected chi connectivity index (χ0v) is 14.1. The summed E-state index contributed by atoms with van der Waals surface area (Å²) in [6.07, 6.45) is 0. The van der Waals surface area contributed by atoms with Crippen LogP contribution in [0.3, 0.4) is 0 Å². The van der Waals surface area contributed by atoms with Crippen molar-refractivity contribution in [1.29, 1.82) is 0 Å². The van der Waals surface area contributed by atoms with Gasteiger partial charge in [-0.3, -0.25) is 10.2 Å². The van der Waals surface area contributed by atoms with Gasteiger partial charge in [-0.15, -0.1) is 11.3 Å². The fourth-order valence-electron chi connectivity index (χ4n) is 2.37. The smallest absolute Gasteiger partial charge is 0.277 e. The molecule has 0 unspecified atom stereocenters. The van der Waals surface area contributed by atoms with Crippen LogP contribution < -0.4 is 11.2 Å². The number of piperazine rings is 1. The molecule has 1 aromatic carbocycles. The molecular weight excluding hydrogens is 352 g/mol. The number of nitrogens with two attached hydrogens (primary N) is 1. The van der Waals surface area contributed by atoms with Crippen LogP contribution in [0.2, 0.25) is 0 Å². The second-order valence-electron chi connectivity index (χ2n) is 5.22. The number of thiophene rings is 1. The van der Waals surface area contributed by atoms with Gasteiger partial charge in [0, 0.05) is 40.7 Å². The molecule has 2 heterocycles. The van der Waals surface area contributed by atoms with Crippen molar-refractivity contribution in [3.05, 3.63) is 27.5 Å². The molecule has 1 fully saturated rings. The number of hydrogen-bond donors (Lipinski definition) is 2. The Morgan fingerprint density at radius 3 is 2.76 bits per heavy atom. The summed E-state index contributed by atoms with van der Waals surface area (Å²) < 4.78 is 2.01. The number of fused-ring (bicyclic) bond motifs is 1. The Kier molecular flexibility index (Phi) is 4.17. The Labute approximate surface area is 135 Å². The number of benzene rings is 1. The van der Waals surface area contributed by atoms with Crippen LogP contribution in [0.1, 0.15) is 9.67 Å². The van der Waals surface area contributed by atoms with Crippen molar-refractivity contribution in [3.8, 4) is 0 Å². The molecule has 112 valence electrons.